The first kappa shape index (κ1) is 22.5. The van der Waals surface area contributed by atoms with Gasteiger partial charge in [0, 0.05) is 37.2 Å². The van der Waals surface area contributed by atoms with Crippen LogP contribution in [0.4, 0.5) is 5.69 Å². The van der Waals surface area contributed by atoms with E-state index in [4.69, 9.17) is 0 Å². The van der Waals surface area contributed by atoms with Crippen molar-refractivity contribution < 1.29 is 4.79 Å². The third-order valence-electron chi connectivity index (χ3n) is 5.75. The van der Waals surface area contributed by atoms with Crippen molar-refractivity contribution >= 4 is 36.4 Å². The average molecular weight is 426 g/mol. The molecule has 1 aromatic heterocycles. The van der Waals surface area contributed by atoms with E-state index in [1.807, 2.05) is 23.0 Å². The molecule has 2 N–H and O–H groups in total. The number of anilines is 1. The van der Waals surface area contributed by atoms with Crippen molar-refractivity contribution in [1.82, 2.24) is 20.4 Å². The summed E-state index contributed by atoms with van der Waals surface area (Å²) in [4.78, 5) is 15.6. The van der Waals surface area contributed by atoms with Gasteiger partial charge >= 0.3 is 0 Å². The highest BCUT2D eigenvalue weighted by atomic mass is 35.5. The lowest BCUT2D eigenvalue weighted by molar-refractivity contribution is -0.132. The van der Waals surface area contributed by atoms with E-state index < -0.39 is 5.54 Å². The molecular weight excluding hydrogens is 397 g/mol. The molecule has 0 saturated carbocycles. The number of carbonyl (C=O) groups is 1. The van der Waals surface area contributed by atoms with Crippen LogP contribution in [0.2, 0.25) is 0 Å². The fraction of sp³-hybridized carbons (Fsp3) is 0.500. The molecule has 1 amide bonds. The van der Waals surface area contributed by atoms with Gasteiger partial charge in [-0.25, -0.2) is 0 Å². The second-order valence-corrected chi connectivity index (χ2v) is 7.30. The summed E-state index contributed by atoms with van der Waals surface area (Å²) in [6, 6.07) is 12.6. The quantitative estimate of drug-likeness (QED) is 0.789. The fourth-order valence-electron chi connectivity index (χ4n) is 4.16. The van der Waals surface area contributed by atoms with Crippen molar-refractivity contribution in [1.29, 1.82) is 0 Å². The molecular formula is C20H29Cl2N5O. The Morgan fingerprint density at radius 3 is 2.36 bits per heavy atom. The zero-order valence-corrected chi connectivity index (χ0v) is 17.6. The first-order valence-corrected chi connectivity index (χ1v) is 9.60. The average Bonchev–Trinajstić information content (AvgIpc) is 3.25. The lowest BCUT2D eigenvalue weighted by Gasteiger charge is -2.39. The summed E-state index contributed by atoms with van der Waals surface area (Å²) in [6.45, 7) is 3.65. The highest BCUT2D eigenvalue weighted by molar-refractivity contribution is 5.86. The number of hydrogen-bond acceptors (Lipinski definition) is 4. The van der Waals surface area contributed by atoms with E-state index in [-0.39, 0.29) is 36.8 Å². The number of halogens is 2. The van der Waals surface area contributed by atoms with Gasteiger partial charge in [-0.1, -0.05) is 18.2 Å². The van der Waals surface area contributed by atoms with Crippen LogP contribution < -0.4 is 15.5 Å². The number of hydrogen-bond donors (Lipinski definition) is 2. The number of para-hydroxylation sites is 1. The standard InChI is InChI=1S/C20H27N5O.2ClH/c26-19(20(9-12-21-13-10-20)25-14-4-11-22-25)23-17-7-15-24(16-8-17)18-5-2-1-3-6-18;;/h1-6,11,14,17,21H,7-10,12-13,15-16H2,(H,23,26);2*1H. The van der Waals surface area contributed by atoms with Crippen LogP contribution >= 0.6 is 24.8 Å². The van der Waals surface area contributed by atoms with Gasteiger partial charge in [-0.15, -0.1) is 24.8 Å². The largest absolute Gasteiger partial charge is 0.371 e. The SMILES string of the molecule is Cl.Cl.O=C(NC1CCN(c2ccccc2)CC1)C1(n2cccn2)CCNCC1. The monoisotopic (exact) mass is 425 g/mol. The van der Waals surface area contributed by atoms with Crippen LogP contribution in [0.3, 0.4) is 0 Å². The Bertz CT molecular complexity index is 711. The number of rotatable bonds is 4. The van der Waals surface area contributed by atoms with Crippen molar-refractivity contribution in [3.63, 3.8) is 0 Å². The van der Waals surface area contributed by atoms with Crippen molar-refractivity contribution in [2.45, 2.75) is 37.3 Å². The summed E-state index contributed by atoms with van der Waals surface area (Å²) in [5.74, 6) is 0.126. The molecule has 1 aromatic carbocycles. The Balaban J connectivity index is 0.00000140. The second kappa shape index (κ2) is 10.1. The molecule has 154 valence electrons. The number of amides is 1. The Morgan fingerprint density at radius 2 is 1.75 bits per heavy atom. The Kier molecular flexibility index (Phi) is 8.16. The lowest BCUT2D eigenvalue weighted by Crippen LogP contribution is -2.57. The molecule has 0 aliphatic carbocycles. The molecule has 28 heavy (non-hydrogen) atoms. The van der Waals surface area contributed by atoms with Crippen molar-refractivity contribution in [3.05, 3.63) is 48.8 Å². The molecule has 6 nitrogen and oxygen atoms in total. The van der Waals surface area contributed by atoms with E-state index in [0.717, 1.165) is 51.9 Å². The Hall–Kier alpha value is -1.76. The van der Waals surface area contributed by atoms with E-state index in [1.165, 1.54) is 5.69 Å². The molecule has 2 aliphatic rings. The molecule has 3 heterocycles. The summed E-state index contributed by atoms with van der Waals surface area (Å²) in [6.07, 6.45) is 7.20. The minimum atomic E-state index is -0.550. The molecule has 0 bridgehead atoms. The molecule has 2 aromatic rings. The van der Waals surface area contributed by atoms with E-state index in [9.17, 15) is 4.79 Å². The van der Waals surface area contributed by atoms with Crippen LogP contribution in [-0.2, 0) is 10.3 Å². The highest BCUT2D eigenvalue weighted by Crippen LogP contribution is 2.28. The lowest BCUT2D eigenvalue weighted by atomic mass is 9.86. The molecule has 2 saturated heterocycles. The minimum absolute atomic E-state index is 0. The van der Waals surface area contributed by atoms with Gasteiger partial charge in [-0.3, -0.25) is 9.48 Å². The first-order chi connectivity index (χ1) is 12.8. The Morgan fingerprint density at radius 1 is 1.07 bits per heavy atom. The smallest absolute Gasteiger partial charge is 0.248 e. The van der Waals surface area contributed by atoms with Crippen LogP contribution in [0.5, 0.6) is 0 Å². The van der Waals surface area contributed by atoms with Gasteiger partial charge < -0.3 is 15.5 Å². The molecule has 0 spiro atoms. The number of benzene rings is 1. The zero-order valence-electron chi connectivity index (χ0n) is 15.9. The van der Waals surface area contributed by atoms with Gasteiger partial charge in [0.15, 0.2) is 0 Å². The van der Waals surface area contributed by atoms with E-state index in [0.29, 0.717) is 0 Å². The molecule has 0 radical (unpaired) electrons. The van der Waals surface area contributed by atoms with Crippen molar-refractivity contribution in [2.75, 3.05) is 31.1 Å². The number of carbonyl (C=O) groups excluding carboxylic acids is 1. The van der Waals surface area contributed by atoms with Crippen LogP contribution in [0, 0.1) is 0 Å². The topological polar surface area (TPSA) is 62.2 Å². The van der Waals surface area contributed by atoms with Gasteiger partial charge in [0.25, 0.3) is 0 Å². The summed E-state index contributed by atoms with van der Waals surface area (Å²) in [7, 11) is 0. The summed E-state index contributed by atoms with van der Waals surface area (Å²) in [5, 5.41) is 11.1. The summed E-state index contributed by atoms with van der Waals surface area (Å²) < 4.78 is 1.86. The summed E-state index contributed by atoms with van der Waals surface area (Å²) >= 11 is 0. The number of piperidine rings is 2. The molecule has 0 atom stereocenters. The maximum absolute atomic E-state index is 13.2. The molecule has 4 rings (SSSR count). The van der Waals surface area contributed by atoms with Gasteiger partial charge in [-0.05, 0) is 57.0 Å². The third-order valence-corrected chi connectivity index (χ3v) is 5.75. The van der Waals surface area contributed by atoms with Crippen molar-refractivity contribution in [2.24, 2.45) is 0 Å². The van der Waals surface area contributed by atoms with Crippen LogP contribution in [0.1, 0.15) is 25.7 Å². The van der Waals surface area contributed by atoms with Gasteiger partial charge in [0.05, 0.1) is 0 Å². The second-order valence-electron chi connectivity index (χ2n) is 7.30. The first-order valence-electron chi connectivity index (χ1n) is 9.60. The predicted molar refractivity (Wildman–Crippen MR) is 117 cm³/mol. The van der Waals surface area contributed by atoms with E-state index in [1.54, 1.807) is 6.20 Å². The molecule has 2 fully saturated rings. The van der Waals surface area contributed by atoms with E-state index >= 15 is 0 Å². The number of aromatic nitrogens is 2. The van der Waals surface area contributed by atoms with Crippen LogP contribution in [-0.4, -0.2) is 47.9 Å². The van der Waals surface area contributed by atoms with Crippen LogP contribution in [0.25, 0.3) is 0 Å². The number of nitrogens with zero attached hydrogens (tertiary/aromatic N) is 3. The van der Waals surface area contributed by atoms with Gasteiger partial charge in [0.1, 0.15) is 5.54 Å². The molecule has 2 aliphatic heterocycles. The normalized spacial score (nSPS) is 19.2. The third kappa shape index (κ3) is 4.62. The maximum Gasteiger partial charge on any atom is 0.248 e. The summed E-state index contributed by atoms with van der Waals surface area (Å²) in [5.41, 5.74) is 0.717. The molecule has 8 heteroatoms. The van der Waals surface area contributed by atoms with Gasteiger partial charge in [0.2, 0.25) is 5.91 Å². The minimum Gasteiger partial charge on any atom is -0.371 e. The molecule has 0 unspecified atom stereocenters. The fourth-order valence-corrected chi connectivity index (χ4v) is 4.16. The predicted octanol–water partition coefficient (Wildman–Crippen LogP) is 2.59. The highest BCUT2D eigenvalue weighted by Gasteiger charge is 2.42. The Labute approximate surface area is 178 Å². The van der Waals surface area contributed by atoms with E-state index in [2.05, 4.69) is 44.9 Å². The zero-order chi connectivity index (χ0) is 17.8. The van der Waals surface area contributed by atoms with Crippen molar-refractivity contribution in [3.8, 4) is 0 Å². The number of nitrogens with one attached hydrogen (secondary N) is 2. The maximum atomic E-state index is 13.2. The van der Waals surface area contributed by atoms with Gasteiger partial charge in [-0.2, -0.15) is 5.10 Å². The van der Waals surface area contributed by atoms with Crippen LogP contribution in [0.15, 0.2) is 48.8 Å².